The van der Waals surface area contributed by atoms with Crippen molar-refractivity contribution in [1.82, 2.24) is 5.32 Å². The van der Waals surface area contributed by atoms with Crippen molar-refractivity contribution in [2.75, 3.05) is 0 Å². The number of nitrogens with one attached hydrogen (secondary N) is 1. The highest BCUT2D eigenvalue weighted by Gasteiger charge is 2.78. The van der Waals surface area contributed by atoms with Gasteiger partial charge >= 0.3 is 6.18 Å². The van der Waals surface area contributed by atoms with E-state index in [1.54, 1.807) is 0 Å². The van der Waals surface area contributed by atoms with Crippen LogP contribution in [0, 0.1) is 11.2 Å². The van der Waals surface area contributed by atoms with E-state index in [-0.39, 0.29) is 24.8 Å². The molecule has 2 bridgehead atoms. The molecule has 0 radical (unpaired) electrons. The van der Waals surface area contributed by atoms with Crippen LogP contribution in [0.3, 0.4) is 0 Å². The summed E-state index contributed by atoms with van der Waals surface area (Å²) in [5, 5.41) is 2.59. The van der Waals surface area contributed by atoms with Crippen LogP contribution in [0.25, 0.3) is 0 Å². The number of alkyl halides is 3. The maximum Gasteiger partial charge on any atom is 0.394 e. The van der Waals surface area contributed by atoms with Crippen LogP contribution in [-0.2, 0) is 0 Å². The molecule has 0 unspecified atom stereocenters. The third-order valence-electron chi connectivity index (χ3n) is 4.10. The van der Waals surface area contributed by atoms with Crippen molar-refractivity contribution in [3.63, 3.8) is 0 Å². The number of benzene rings is 1. The number of halogens is 4. The summed E-state index contributed by atoms with van der Waals surface area (Å²) in [7, 11) is 0. The van der Waals surface area contributed by atoms with E-state index in [1.807, 2.05) is 0 Å². The van der Waals surface area contributed by atoms with E-state index < -0.39 is 28.9 Å². The lowest BCUT2D eigenvalue weighted by molar-refractivity contribution is -0.336. The standard InChI is InChI=1S/C13H11F4NO/c14-9-3-1-2-8(4-9)10(19)18-12-5-11(6-12,7-12)13(15,16)17/h1-4H,5-7H2,(H,18,19). The molecular weight excluding hydrogens is 262 g/mol. The highest BCUT2D eigenvalue weighted by Crippen LogP contribution is 2.73. The molecule has 0 spiro atoms. The summed E-state index contributed by atoms with van der Waals surface area (Å²) in [6.07, 6.45) is -4.39. The second kappa shape index (κ2) is 3.49. The minimum atomic E-state index is -4.20. The number of rotatable bonds is 2. The number of hydrogen-bond donors (Lipinski definition) is 1. The molecule has 0 aliphatic heterocycles. The van der Waals surface area contributed by atoms with Gasteiger partial charge in [0.25, 0.3) is 5.91 Å². The number of amides is 1. The van der Waals surface area contributed by atoms with Gasteiger partial charge in [-0.1, -0.05) is 6.07 Å². The molecule has 1 amide bonds. The quantitative estimate of drug-likeness (QED) is 0.824. The van der Waals surface area contributed by atoms with Gasteiger partial charge < -0.3 is 5.32 Å². The van der Waals surface area contributed by atoms with Gasteiger partial charge in [0.1, 0.15) is 5.82 Å². The number of hydrogen-bond acceptors (Lipinski definition) is 1. The Bertz CT molecular complexity index is 532. The topological polar surface area (TPSA) is 29.1 Å². The Balaban J connectivity index is 1.65. The molecular formula is C13H11F4NO. The van der Waals surface area contributed by atoms with E-state index in [2.05, 4.69) is 5.32 Å². The van der Waals surface area contributed by atoms with Crippen LogP contribution in [-0.4, -0.2) is 17.6 Å². The van der Waals surface area contributed by atoms with E-state index >= 15 is 0 Å². The zero-order valence-corrected chi connectivity index (χ0v) is 9.85. The van der Waals surface area contributed by atoms with Gasteiger partial charge in [0, 0.05) is 11.1 Å². The van der Waals surface area contributed by atoms with Gasteiger partial charge in [-0.2, -0.15) is 13.2 Å². The minimum Gasteiger partial charge on any atom is -0.347 e. The lowest BCUT2D eigenvalue weighted by Gasteiger charge is -2.70. The average Bonchev–Trinajstić information content (AvgIpc) is 2.19. The van der Waals surface area contributed by atoms with Crippen molar-refractivity contribution in [3.05, 3.63) is 35.6 Å². The van der Waals surface area contributed by atoms with Gasteiger partial charge in [-0.25, -0.2) is 4.39 Å². The summed E-state index contributed by atoms with van der Waals surface area (Å²) >= 11 is 0. The molecule has 1 aromatic carbocycles. The molecule has 0 atom stereocenters. The highest BCUT2D eigenvalue weighted by atomic mass is 19.4. The molecule has 4 rings (SSSR count). The van der Waals surface area contributed by atoms with E-state index in [0.29, 0.717) is 0 Å². The van der Waals surface area contributed by atoms with Gasteiger partial charge in [-0.3, -0.25) is 4.79 Å². The van der Waals surface area contributed by atoms with Crippen molar-refractivity contribution in [2.45, 2.75) is 31.0 Å². The molecule has 0 heterocycles. The second-order valence-corrected chi connectivity index (χ2v) is 5.55. The zero-order chi connectivity index (χ0) is 13.9. The molecule has 3 aliphatic rings. The molecule has 1 N–H and O–H groups in total. The third-order valence-corrected chi connectivity index (χ3v) is 4.10. The van der Waals surface area contributed by atoms with Crippen LogP contribution in [0.5, 0.6) is 0 Å². The fourth-order valence-corrected chi connectivity index (χ4v) is 3.16. The largest absolute Gasteiger partial charge is 0.394 e. The van der Waals surface area contributed by atoms with Crippen LogP contribution in [0.4, 0.5) is 17.6 Å². The monoisotopic (exact) mass is 273 g/mol. The Morgan fingerprint density at radius 3 is 2.37 bits per heavy atom. The predicted molar refractivity (Wildman–Crippen MR) is 58.9 cm³/mol. The van der Waals surface area contributed by atoms with Gasteiger partial charge in [0.05, 0.1) is 5.41 Å². The number of carbonyl (C=O) groups excluding carboxylic acids is 1. The number of carbonyl (C=O) groups is 1. The Labute approximate surface area is 106 Å². The zero-order valence-electron chi connectivity index (χ0n) is 9.85. The minimum absolute atomic E-state index is 0.0649. The van der Waals surface area contributed by atoms with Crippen molar-refractivity contribution >= 4 is 5.91 Å². The fraction of sp³-hybridized carbons (Fsp3) is 0.462. The Hall–Kier alpha value is -1.59. The summed E-state index contributed by atoms with van der Waals surface area (Å²) in [6, 6.07) is 5.10. The lowest BCUT2D eigenvalue weighted by atomic mass is 9.39. The summed E-state index contributed by atoms with van der Waals surface area (Å²) in [4.78, 5) is 11.8. The highest BCUT2D eigenvalue weighted by molar-refractivity contribution is 5.95. The third kappa shape index (κ3) is 1.73. The van der Waals surface area contributed by atoms with Crippen LogP contribution in [0.1, 0.15) is 29.6 Å². The maximum absolute atomic E-state index is 13.0. The van der Waals surface area contributed by atoms with Gasteiger partial charge in [0.2, 0.25) is 0 Å². The first-order chi connectivity index (χ1) is 8.75. The van der Waals surface area contributed by atoms with Crippen LogP contribution in [0.2, 0.25) is 0 Å². The first-order valence-corrected chi connectivity index (χ1v) is 5.90. The molecule has 0 aromatic heterocycles. The fourth-order valence-electron chi connectivity index (χ4n) is 3.16. The lowest BCUT2D eigenvalue weighted by Crippen LogP contribution is -2.78. The summed E-state index contributed by atoms with van der Waals surface area (Å²) in [5.41, 5.74) is -2.20. The van der Waals surface area contributed by atoms with Gasteiger partial charge in [-0.05, 0) is 37.5 Å². The molecule has 102 valence electrons. The van der Waals surface area contributed by atoms with Crippen molar-refractivity contribution in [1.29, 1.82) is 0 Å². The van der Waals surface area contributed by atoms with Gasteiger partial charge in [-0.15, -0.1) is 0 Å². The van der Waals surface area contributed by atoms with E-state index in [0.717, 1.165) is 6.07 Å². The molecule has 2 nitrogen and oxygen atoms in total. The summed E-state index contributed by atoms with van der Waals surface area (Å²) in [6.45, 7) is 0. The van der Waals surface area contributed by atoms with Crippen molar-refractivity contribution in [2.24, 2.45) is 5.41 Å². The molecule has 3 aliphatic carbocycles. The normalized spacial score (nSPS) is 32.2. The van der Waals surface area contributed by atoms with Crippen LogP contribution in [0.15, 0.2) is 24.3 Å². The molecule has 6 heteroatoms. The molecule has 0 saturated heterocycles. The Kier molecular flexibility index (Phi) is 2.29. The summed E-state index contributed by atoms with van der Waals surface area (Å²) < 4.78 is 50.9. The molecule has 1 aromatic rings. The molecule has 19 heavy (non-hydrogen) atoms. The second-order valence-electron chi connectivity index (χ2n) is 5.55. The molecule has 3 saturated carbocycles. The van der Waals surface area contributed by atoms with Crippen molar-refractivity contribution in [3.8, 4) is 0 Å². The van der Waals surface area contributed by atoms with E-state index in [1.165, 1.54) is 18.2 Å². The first-order valence-electron chi connectivity index (χ1n) is 5.90. The van der Waals surface area contributed by atoms with Gasteiger partial charge in [0.15, 0.2) is 0 Å². The van der Waals surface area contributed by atoms with E-state index in [4.69, 9.17) is 0 Å². The van der Waals surface area contributed by atoms with E-state index in [9.17, 15) is 22.4 Å². The Morgan fingerprint density at radius 1 is 1.21 bits per heavy atom. The smallest absolute Gasteiger partial charge is 0.347 e. The predicted octanol–water partition coefficient (Wildman–Crippen LogP) is 3.04. The van der Waals surface area contributed by atoms with Crippen LogP contribution < -0.4 is 5.32 Å². The molecule has 3 fully saturated rings. The Morgan fingerprint density at radius 2 is 1.84 bits per heavy atom. The summed E-state index contributed by atoms with van der Waals surface area (Å²) in [5.74, 6) is -1.06. The average molecular weight is 273 g/mol. The maximum atomic E-state index is 13.0. The SMILES string of the molecule is O=C(NC12CC(C(F)(F)F)(C1)C2)c1cccc(F)c1. The van der Waals surface area contributed by atoms with Crippen LogP contribution >= 0.6 is 0 Å². The van der Waals surface area contributed by atoms with Crippen molar-refractivity contribution < 1.29 is 22.4 Å². The first kappa shape index (κ1) is 12.4.